The van der Waals surface area contributed by atoms with Crippen molar-refractivity contribution >= 4 is 5.91 Å². The number of amides is 1. The Morgan fingerprint density at radius 1 is 1.00 bits per heavy atom. The molecule has 0 spiro atoms. The lowest BCUT2D eigenvalue weighted by atomic mass is 10.0. The molecule has 0 saturated carbocycles. The number of nitrogens with one attached hydrogen (secondary N) is 1. The van der Waals surface area contributed by atoms with Crippen LogP contribution in [0.3, 0.4) is 0 Å². The number of carbonyl (C=O) groups excluding carboxylic acids is 1. The summed E-state index contributed by atoms with van der Waals surface area (Å²) < 4.78 is 5.99. The summed E-state index contributed by atoms with van der Waals surface area (Å²) in [6.45, 7) is 10.9. The molecule has 1 N–H and O–H groups in total. The van der Waals surface area contributed by atoms with Gasteiger partial charge in [0.1, 0.15) is 5.75 Å². The topological polar surface area (TPSA) is 38.3 Å². The standard InChI is InChI=1S/C23H31NO2/c1-6-18-10-11-19(7-2)20(14-18)15-24-23(25)21(8-3)26-22-12-9-16(4)13-17(22)5/h9-14,21H,6-8,15H2,1-5H3,(H,24,25)/t21-/m1/s1. The van der Waals surface area contributed by atoms with Crippen molar-refractivity contribution in [2.75, 3.05) is 0 Å². The van der Waals surface area contributed by atoms with Gasteiger partial charge in [-0.2, -0.15) is 0 Å². The van der Waals surface area contributed by atoms with Gasteiger partial charge in [0, 0.05) is 6.54 Å². The second-order valence-corrected chi connectivity index (χ2v) is 6.81. The Bertz CT molecular complexity index is 752. The van der Waals surface area contributed by atoms with Crippen molar-refractivity contribution < 1.29 is 9.53 Å². The Balaban J connectivity index is 2.05. The van der Waals surface area contributed by atoms with Crippen molar-refractivity contribution in [1.29, 1.82) is 0 Å². The fourth-order valence-corrected chi connectivity index (χ4v) is 3.11. The normalized spacial score (nSPS) is 11.9. The maximum atomic E-state index is 12.6. The van der Waals surface area contributed by atoms with Crippen molar-refractivity contribution in [3.8, 4) is 5.75 Å². The number of benzene rings is 2. The molecule has 0 aliphatic heterocycles. The summed E-state index contributed by atoms with van der Waals surface area (Å²) in [5.41, 5.74) is 6.02. The minimum atomic E-state index is -0.476. The number of hydrogen-bond donors (Lipinski definition) is 1. The van der Waals surface area contributed by atoms with E-state index in [1.807, 2.05) is 26.0 Å². The molecule has 0 fully saturated rings. The SMILES string of the molecule is CCc1ccc(CC)c(CNC(=O)[C@@H](CC)Oc2ccc(C)cc2C)c1. The van der Waals surface area contributed by atoms with E-state index in [1.54, 1.807) is 0 Å². The summed E-state index contributed by atoms with van der Waals surface area (Å²) in [6, 6.07) is 12.6. The van der Waals surface area contributed by atoms with E-state index in [0.717, 1.165) is 24.2 Å². The third-order valence-electron chi connectivity index (χ3n) is 4.78. The Morgan fingerprint density at radius 3 is 2.38 bits per heavy atom. The van der Waals surface area contributed by atoms with E-state index in [9.17, 15) is 4.79 Å². The van der Waals surface area contributed by atoms with Crippen molar-refractivity contribution in [3.05, 3.63) is 64.2 Å². The van der Waals surface area contributed by atoms with Gasteiger partial charge in [0.2, 0.25) is 0 Å². The Hall–Kier alpha value is -2.29. The van der Waals surface area contributed by atoms with Gasteiger partial charge in [0.05, 0.1) is 0 Å². The summed E-state index contributed by atoms with van der Waals surface area (Å²) in [5, 5.41) is 3.06. The largest absolute Gasteiger partial charge is 0.480 e. The highest BCUT2D eigenvalue weighted by atomic mass is 16.5. The van der Waals surface area contributed by atoms with Gasteiger partial charge < -0.3 is 10.1 Å². The van der Waals surface area contributed by atoms with E-state index < -0.39 is 6.10 Å². The first kappa shape index (κ1) is 20.0. The van der Waals surface area contributed by atoms with Gasteiger partial charge in [-0.15, -0.1) is 0 Å². The molecule has 0 heterocycles. The summed E-state index contributed by atoms with van der Waals surface area (Å²) in [6.07, 6.45) is 2.12. The molecular weight excluding hydrogens is 322 g/mol. The van der Waals surface area contributed by atoms with Gasteiger partial charge in [-0.05, 0) is 61.4 Å². The van der Waals surface area contributed by atoms with Gasteiger partial charge >= 0.3 is 0 Å². The Morgan fingerprint density at radius 2 is 1.77 bits per heavy atom. The molecule has 1 amide bonds. The molecule has 0 unspecified atom stereocenters. The molecule has 0 aliphatic carbocycles. The van der Waals surface area contributed by atoms with Crippen LogP contribution in [0.15, 0.2) is 36.4 Å². The zero-order chi connectivity index (χ0) is 19.1. The van der Waals surface area contributed by atoms with Crippen LogP contribution in [0.4, 0.5) is 0 Å². The van der Waals surface area contributed by atoms with Crippen LogP contribution in [-0.2, 0) is 24.2 Å². The van der Waals surface area contributed by atoms with Crippen LogP contribution < -0.4 is 10.1 Å². The summed E-state index contributed by atoms with van der Waals surface area (Å²) in [7, 11) is 0. The maximum Gasteiger partial charge on any atom is 0.261 e. The van der Waals surface area contributed by atoms with E-state index in [2.05, 4.69) is 50.4 Å². The fourth-order valence-electron chi connectivity index (χ4n) is 3.11. The number of ether oxygens (including phenoxy) is 1. The Kier molecular flexibility index (Phi) is 7.26. The Labute approximate surface area is 157 Å². The zero-order valence-electron chi connectivity index (χ0n) is 16.7. The molecule has 0 saturated heterocycles. The van der Waals surface area contributed by atoms with Gasteiger partial charge in [0.15, 0.2) is 6.10 Å². The van der Waals surface area contributed by atoms with E-state index in [-0.39, 0.29) is 5.91 Å². The maximum absolute atomic E-state index is 12.6. The first-order valence-corrected chi connectivity index (χ1v) is 9.60. The van der Waals surface area contributed by atoms with Crippen molar-refractivity contribution in [2.24, 2.45) is 0 Å². The van der Waals surface area contributed by atoms with Crippen LogP contribution >= 0.6 is 0 Å². The quantitative estimate of drug-likeness (QED) is 0.733. The highest BCUT2D eigenvalue weighted by Crippen LogP contribution is 2.21. The predicted octanol–water partition coefficient (Wildman–Crippen LogP) is 4.90. The van der Waals surface area contributed by atoms with E-state index >= 15 is 0 Å². The first-order chi connectivity index (χ1) is 12.5. The van der Waals surface area contributed by atoms with Crippen molar-refractivity contribution in [3.63, 3.8) is 0 Å². The first-order valence-electron chi connectivity index (χ1n) is 9.60. The van der Waals surface area contributed by atoms with Gasteiger partial charge in [-0.25, -0.2) is 0 Å². The molecule has 2 aromatic carbocycles. The second kappa shape index (κ2) is 9.42. The highest BCUT2D eigenvalue weighted by molar-refractivity contribution is 5.81. The molecule has 3 nitrogen and oxygen atoms in total. The lowest BCUT2D eigenvalue weighted by Gasteiger charge is -2.19. The van der Waals surface area contributed by atoms with E-state index in [4.69, 9.17) is 4.74 Å². The molecule has 0 aliphatic rings. The van der Waals surface area contributed by atoms with Gasteiger partial charge in [0.25, 0.3) is 5.91 Å². The average Bonchev–Trinajstić information content (AvgIpc) is 2.65. The number of aryl methyl sites for hydroxylation is 4. The summed E-state index contributed by atoms with van der Waals surface area (Å²) >= 11 is 0. The molecule has 140 valence electrons. The summed E-state index contributed by atoms with van der Waals surface area (Å²) in [5.74, 6) is 0.719. The van der Waals surface area contributed by atoms with Gasteiger partial charge in [-0.3, -0.25) is 4.79 Å². The molecular formula is C23H31NO2. The van der Waals surface area contributed by atoms with E-state index in [0.29, 0.717) is 13.0 Å². The van der Waals surface area contributed by atoms with Crippen molar-refractivity contribution in [1.82, 2.24) is 5.32 Å². The van der Waals surface area contributed by atoms with Crippen molar-refractivity contribution in [2.45, 2.75) is 66.5 Å². The van der Waals surface area contributed by atoms with Crippen LogP contribution in [0.25, 0.3) is 0 Å². The molecule has 1 atom stereocenters. The minimum Gasteiger partial charge on any atom is -0.480 e. The van der Waals surface area contributed by atoms with Gasteiger partial charge in [-0.1, -0.05) is 56.7 Å². The molecule has 2 aromatic rings. The molecule has 2 rings (SSSR count). The third kappa shape index (κ3) is 5.10. The number of hydrogen-bond acceptors (Lipinski definition) is 2. The van der Waals surface area contributed by atoms with Crippen LogP contribution in [0, 0.1) is 13.8 Å². The fraction of sp³-hybridized carbons (Fsp3) is 0.435. The molecule has 26 heavy (non-hydrogen) atoms. The second-order valence-electron chi connectivity index (χ2n) is 6.81. The molecule has 0 aromatic heterocycles. The monoisotopic (exact) mass is 353 g/mol. The lowest BCUT2D eigenvalue weighted by Crippen LogP contribution is -2.37. The predicted molar refractivity (Wildman–Crippen MR) is 108 cm³/mol. The lowest BCUT2D eigenvalue weighted by molar-refractivity contribution is -0.128. The molecule has 0 bridgehead atoms. The highest BCUT2D eigenvalue weighted by Gasteiger charge is 2.19. The number of rotatable bonds is 8. The van der Waals surface area contributed by atoms with E-state index in [1.165, 1.54) is 22.3 Å². The number of carbonyl (C=O) groups is 1. The summed E-state index contributed by atoms with van der Waals surface area (Å²) in [4.78, 5) is 12.6. The van der Waals surface area contributed by atoms with Crippen LogP contribution in [-0.4, -0.2) is 12.0 Å². The van der Waals surface area contributed by atoms with Crippen LogP contribution in [0.1, 0.15) is 55.0 Å². The van der Waals surface area contributed by atoms with Crippen LogP contribution in [0.2, 0.25) is 0 Å². The minimum absolute atomic E-state index is 0.0589. The average molecular weight is 354 g/mol. The van der Waals surface area contributed by atoms with Crippen LogP contribution in [0.5, 0.6) is 5.75 Å². The molecule has 3 heteroatoms. The molecule has 0 radical (unpaired) electrons. The zero-order valence-corrected chi connectivity index (χ0v) is 16.7. The smallest absolute Gasteiger partial charge is 0.261 e. The third-order valence-corrected chi connectivity index (χ3v) is 4.78.